The van der Waals surface area contributed by atoms with Crippen molar-refractivity contribution >= 4 is 23.5 Å². The number of hydrogen-bond donors (Lipinski definition) is 2. The Morgan fingerprint density at radius 2 is 1.89 bits per heavy atom. The Morgan fingerprint density at radius 1 is 1.18 bits per heavy atom. The summed E-state index contributed by atoms with van der Waals surface area (Å²) in [5.41, 5.74) is 0.356. The molecule has 3 saturated carbocycles. The second-order valence-corrected chi connectivity index (χ2v) is 12.7. The summed E-state index contributed by atoms with van der Waals surface area (Å²) >= 11 is 0. The number of esters is 1. The van der Waals surface area contributed by atoms with Gasteiger partial charge in [0.2, 0.25) is 0 Å². The summed E-state index contributed by atoms with van der Waals surface area (Å²) in [4.78, 5) is 74.7. The van der Waals surface area contributed by atoms with E-state index in [2.05, 4.69) is 35.8 Å². The minimum atomic E-state index is -0.912. The first-order valence-corrected chi connectivity index (χ1v) is 15.0. The van der Waals surface area contributed by atoms with Crippen LogP contribution >= 0.6 is 0 Å². The number of aliphatic carboxylic acids is 1. The Kier molecular flexibility index (Phi) is 11.8. The van der Waals surface area contributed by atoms with Crippen molar-refractivity contribution in [2.45, 2.75) is 78.2 Å². The van der Waals surface area contributed by atoms with Crippen LogP contribution in [0.1, 0.15) is 72.1 Å². The topological polar surface area (TPSA) is 209 Å². The van der Waals surface area contributed by atoms with Crippen LogP contribution in [0.15, 0.2) is 29.1 Å². The van der Waals surface area contributed by atoms with E-state index in [1.54, 1.807) is 12.2 Å². The van der Waals surface area contributed by atoms with Gasteiger partial charge in [0.1, 0.15) is 13.2 Å². The van der Waals surface area contributed by atoms with Crippen LogP contribution in [0.25, 0.3) is 0 Å². The predicted molar refractivity (Wildman–Crippen MR) is 153 cm³/mol. The molecule has 2 N–H and O–H groups in total. The second kappa shape index (κ2) is 14.9. The molecule has 4 aliphatic rings. The number of rotatable bonds is 13. The van der Waals surface area contributed by atoms with Gasteiger partial charge in [-0.15, -0.1) is 15.0 Å². The van der Waals surface area contributed by atoms with E-state index in [0.29, 0.717) is 12.8 Å². The molecule has 8 unspecified atom stereocenters. The van der Waals surface area contributed by atoms with Crippen molar-refractivity contribution in [1.29, 1.82) is 0 Å². The maximum absolute atomic E-state index is 13.3. The third-order valence-corrected chi connectivity index (χ3v) is 9.96. The number of ether oxygens (including phenoxy) is 1. The summed E-state index contributed by atoms with van der Waals surface area (Å²) in [6.07, 6.45) is 8.22. The standard InChI is InChI=1S/C26H35NO8.C4H7NO4/c1-15-11-19-18-7-6-16-12-17(28)8-9-25(16,2)24(18)20(29)13-26(19,3)23(15)21(30)14-34-22(31)5-4-10-35-27(32)33;6-4(7)2-1-3-9-5-8/h8-9,12,15,18-20,23-24,29H,4-7,10-11,13-14H2,1-3H3;1-3H2,(H,6,7). The Labute approximate surface area is 255 Å². The van der Waals surface area contributed by atoms with Crippen LogP contribution in [-0.2, 0) is 33.6 Å². The average Bonchev–Trinajstić information content (AvgIpc) is 3.21. The van der Waals surface area contributed by atoms with E-state index in [0.717, 1.165) is 24.8 Å². The van der Waals surface area contributed by atoms with E-state index >= 15 is 0 Å². The first-order chi connectivity index (χ1) is 20.7. The maximum atomic E-state index is 13.3. The van der Waals surface area contributed by atoms with E-state index in [9.17, 15) is 39.3 Å². The number of carboxylic acids is 1. The van der Waals surface area contributed by atoms with Gasteiger partial charge in [-0.1, -0.05) is 32.4 Å². The number of carbonyl (C=O) groups is 4. The van der Waals surface area contributed by atoms with Gasteiger partial charge in [-0.25, -0.2) is 0 Å². The Balaban J connectivity index is 0.000000512. The van der Waals surface area contributed by atoms with E-state index in [4.69, 9.17) is 9.84 Å². The van der Waals surface area contributed by atoms with Crippen molar-refractivity contribution < 1.29 is 48.9 Å². The average molecular weight is 623 g/mol. The van der Waals surface area contributed by atoms with Crippen LogP contribution < -0.4 is 0 Å². The number of nitrogens with zero attached hydrogens (tertiary/aromatic N) is 2. The van der Waals surface area contributed by atoms with Crippen molar-refractivity contribution in [3.8, 4) is 0 Å². The highest BCUT2D eigenvalue weighted by molar-refractivity contribution is 6.01. The normalized spacial score (nSPS) is 33.3. The third kappa shape index (κ3) is 7.88. The smallest absolute Gasteiger partial charge is 0.306 e. The SMILES string of the molecule is CC1CC2C3CCC4=CC(=O)C=CC4(C)C3C(O)CC2(C)C1C(=O)COC(=O)CCCO[N+](=O)[O-].O=NOCCCC(=O)O. The van der Waals surface area contributed by atoms with Gasteiger partial charge in [0.25, 0.3) is 5.09 Å². The number of Topliss-reactive ketones (excluding diaryl/α,β-unsaturated/α-hetero) is 1. The first-order valence-electron chi connectivity index (χ1n) is 15.0. The molecule has 4 aliphatic carbocycles. The molecule has 0 radical (unpaired) electrons. The van der Waals surface area contributed by atoms with E-state index in [1.165, 1.54) is 0 Å². The summed E-state index contributed by atoms with van der Waals surface area (Å²) in [6, 6.07) is 0. The van der Waals surface area contributed by atoms with Gasteiger partial charge in [-0.3, -0.25) is 19.2 Å². The summed E-state index contributed by atoms with van der Waals surface area (Å²) in [5, 5.41) is 30.9. The van der Waals surface area contributed by atoms with Crippen molar-refractivity contribution in [3.63, 3.8) is 0 Å². The fraction of sp³-hybridized carbons (Fsp3) is 0.733. The van der Waals surface area contributed by atoms with Gasteiger partial charge in [-0.05, 0) is 73.8 Å². The Hall–Kier alpha value is -3.68. The molecule has 3 fully saturated rings. The molecule has 0 aromatic heterocycles. The van der Waals surface area contributed by atoms with Crippen LogP contribution in [0.2, 0.25) is 0 Å². The van der Waals surface area contributed by atoms with Crippen molar-refractivity contribution in [3.05, 3.63) is 38.8 Å². The molecule has 0 bridgehead atoms. The van der Waals surface area contributed by atoms with Crippen LogP contribution in [0.4, 0.5) is 0 Å². The minimum Gasteiger partial charge on any atom is -0.481 e. The van der Waals surface area contributed by atoms with Crippen molar-refractivity contribution in [2.75, 3.05) is 19.8 Å². The molecule has 0 saturated heterocycles. The lowest BCUT2D eigenvalue weighted by atomic mass is 9.46. The molecule has 0 aliphatic heterocycles. The zero-order chi connectivity index (χ0) is 32.7. The fourth-order valence-corrected chi connectivity index (χ4v) is 8.37. The summed E-state index contributed by atoms with van der Waals surface area (Å²) < 4.78 is 5.20. The van der Waals surface area contributed by atoms with Crippen molar-refractivity contribution in [2.24, 2.45) is 45.8 Å². The molecule has 44 heavy (non-hydrogen) atoms. The van der Waals surface area contributed by atoms with Crippen molar-refractivity contribution in [1.82, 2.24) is 0 Å². The van der Waals surface area contributed by atoms with Crippen LogP contribution in [0, 0.1) is 55.4 Å². The Morgan fingerprint density at radius 3 is 2.55 bits per heavy atom. The first kappa shape index (κ1) is 34.8. The Bertz CT molecular complexity index is 1180. The molecule has 0 spiro atoms. The molecule has 14 heteroatoms. The molecular formula is C30H42N2O12. The molecule has 0 aromatic carbocycles. The molecule has 244 valence electrons. The minimum absolute atomic E-state index is 0.00481. The van der Waals surface area contributed by atoms with Gasteiger partial charge in [0, 0.05) is 30.1 Å². The number of allylic oxidation sites excluding steroid dienone is 4. The van der Waals surface area contributed by atoms with Gasteiger partial charge >= 0.3 is 11.9 Å². The van der Waals surface area contributed by atoms with Gasteiger partial charge in [0.05, 0.1) is 12.7 Å². The lowest BCUT2D eigenvalue weighted by Gasteiger charge is -2.58. The van der Waals surface area contributed by atoms with Crippen LogP contribution in [0.5, 0.6) is 0 Å². The van der Waals surface area contributed by atoms with Crippen LogP contribution in [-0.4, -0.2) is 64.7 Å². The lowest BCUT2D eigenvalue weighted by molar-refractivity contribution is -0.757. The molecule has 0 heterocycles. The monoisotopic (exact) mass is 622 g/mol. The van der Waals surface area contributed by atoms with Gasteiger partial charge < -0.3 is 24.6 Å². The third-order valence-electron chi connectivity index (χ3n) is 9.96. The number of aliphatic hydroxyl groups excluding tert-OH is 1. The highest BCUT2D eigenvalue weighted by Crippen LogP contribution is 2.67. The van der Waals surface area contributed by atoms with E-state index in [-0.39, 0.29) is 85.7 Å². The summed E-state index contributed by atoms with van der Waals surface area (Å²) in [6.45, 7) is 5.85. The molecule has 0 aromatic rings. The molecule has 14 nitrogen and oxygen atoms in total. The molecule has 0 amide bonds. The number of aliphatic hydroxyl groups is 1. The largest absolute Gasteiger partial charge is 0.481 e. The van der Waals surface area contributed by atoms with Gasteiger partial charge in [-0.2, -0.15) is 0 Å². The number of carboxylic acid groups (broad SMARTS) is 1. The highest BCUT2D eigenvalue weighted by atomic mass is 16.9. The molecule has 8 atom stereocenters. The van der Waals surface area contributed by atoms with E-state index < -0.39 is 28.5 Å². The van der Waals surface area contributed by atoms with E-state index in [1.807, 2.05) is 6.08 Å². The maximum Gasteiger partial charge on any atom is 0.306 e. The number of carbonyl (C=O) groups excluding carboxylic acids is 3. The zero-order valence-electron chi connectivity index (χ0n) is 25.3. The number of fused-ring (bicyclic) bond motifs is 5. The number of ketones is 2. The van der Waals surface area contributed by atoms with Gasteiger partial charge in [0.15, 0.2) is 16.9 Å². The lowest BCUT2D eigenvalue weighted by Crippen LogP contribution is -2.56. The molecule has 4 rings (SSSR count). The summed E-state index contributed by atoms with van der Waals surface area (Å²) in [5.74, 6) is -1.31. The van der Waals surface area contributed by atoms with Crippen LogP contribution in [0.3, 0.4) is 0 Å². The number of hydrogen-bond acceptors (Lipinski definition) is 12. The highest BCUT2D eigenvalue weighted by Gasteiger charge is 2.64. The molecular weight excluding hydrogens is 580 g/mol. The summed E-state index contributed by atoms with van der Waals surface area (Å²) in [7, 11) is 0. The zero-order valence-corrected chi connectivity index (χ0v) is 25.3. The predicted octanol–water partition coefficient (Wildman–Crippen LogP) is 3.78. The second-order valence-electron chi connectivity index (χ2n) is 12.7. The quantitative estimate of drug-likeness (QED) is 0.0988. The fourth-order valence-electron chi connectivity index (χ4n) is 8.37.